The zero-order valence-electron chi connectivity index (χ0n) is 9.19. The summed E-state index contributed by atoms with van der Waals surface area (Å²) in [6, 6.07) is 0. The van der Waals surface area contributed by atoms with Crippen molar-refractivity contribution in [3.63, 3.8) is 0 Å². The summed E-state index contributed by atoms with van der Waals surface area (Å²) in [7, 11) is 0. The maximum absolute atomic E-state index is 11.9. The zero-order chi connectivity index (χ0) is 11.3. The molecule has 90 valence electrons. The van der Waals surface area contributed by atoms with Crippen molar-refractivity contribution in [3.05, 3.63) is 0 Å². The van der Waals surface area contributed by atoms with E-state index in [9.17, 15) is 13.2 Å². The van der Waals surface area contributed by atoms with E-state index < -0.39 is 12.6 Å². The molecular weight excluding hydrogens is 205 g/mol. The van der Waals surface area contributed by atoms with Crippen LogP contribution in [-0.4, -0.2) is 55.2 Å². The maximum atomic E-state index is 11.9. The van der Waals surface area contributed by atoms with Crippen LogP contribution in [-0.2, 0) is 0 Å². The first-order valence-corrected chi connectivity index (χ1v) is 5.52. The smallest absolute Gasteiger partial charge is 0.301 e. The summed E-state index contributed by atoms with van der Waals surface area (Å²) in [6.07, 6.45) is -4.41. The van der Waals surface area contributed by atoms with Crippen LogP contribution in [0.25, 0.3) is 0 Å². The average molecular weight is 224 g/mol. The van der Waals surface area contributed by atoms with E-state index in [2.05, 4.69) is 16.7 Å². The minimum atomic E-state index is -3.99. The van der Waals surface area contributed by atoms with Gasteiger partial charge in [-0.3, -0.25) is 0 Å². The van der Waals surface area contributed by atoms with Crippen molar-refractivity contribution in [2.75, 3.05) is 39.3 Å². The average Bonchev–Trinajstić information content (AvgIpc) is 2.17. The van der Waals surface area contributed by atoms with Crippen LogP contribution in [0.2, 0.25) is 0 Å². The Morgan fingerprint density at radius 1 is 1.00 bits per heavy atom. The number of hydrogen-bond acceptors (Lipinski definition) is 2. The number of piperazine rings is 1. The standard InChI is InChI=1S/C10H19F3N2/c1-2-14-6-8-15(9-7-14)5-3-4-10(11,12)13/h2-9H2,1H3. The van der Waals surface area contributed by atoms with E-state index in [1.807, 2.05) is 0 Å². The number of halogens is 3. The fraction of sp³-hybridized carbons (Fsp3) is 1.00. The molecule has 2 nitrogen and oxygen atoms in total. The highest BCUT2D eigenvalue weighted by atomic mass is 19.4. The van der Waals surface area contributed by atoms with Crippen LogP contribution in [0.4, 0.5) is 13.2 Å². The fourth-order valence-electron chi connectivity index (χ4n) is 1.83. The van der Waals surface area contributed by atoms with Gasteiger partial charge in [0.2, 0.25) is 0 Å². The van der Waals surface area contributed by atoms with E-state index in [0.717, 1.165) is 32.7 Å². The van der Waals surface area contributed by atoms with Crippen LogP contribution < -0.4 is 0 Å². The maximum Gasteiger partial charge on any atom is 0.389 e. The second kappa shape index (κ2) is 5.70. The van der Waals surface area contributed by atoms with Gasteiger partial charge in [-0.2, -0.15) is 13.2 Å². The predicted octanol–water partition coefficient (Wildman–Crippen LogP) is 1.97. The SMILES string of the molecule is CCN1CCN(CCCC(F)(F)F)CC1. The number of hydrogen-bond donors (Lipinski definition) is 0. The number of nitrogens with zero attached hydrogens (tertiary/aromatic N) is 2. The summed E-state index contributed by atoms with van der Waals surface area (Å²) in [5, 5.41) is 0. The van der Waals surface area contributed by atoms with Crippen molar-refractivity contribution in [1.29, 1.82) is 0 Å². The molecule has 1 rings (SSSR count). The Balaban J connectivity index is 2.09. The highest BCUT2D eigenvalue weighted by molar-refractivity contribution is 4.71. The molecule has 0 spiro atoms. The number of likely N-dealkylation sites (N-methyl/N-ethyl adjacent to an activating group) is 1. The second-order valence-corrected chi connectivity index (χ2v) is 3.99. The molecule has 1 aliphatic heterocycles. The van der Waals surface area contributed by atoms with E-state index in [1.54, 1.807) is 0 Å². The van der Waals surface area contributed by atoms with E-state index in [1.165, 1.54) is 0 Å². The third kappa shape index (κ3) is 5.37. The molecule has 0 unspecified atom stereocenters. The number of alkyl halides is 3. The van der Waals surface area contributed by atoms with Crippen LogP contribution in [0.15, 0.2) is 0 Å². The van der Waals surface area contributed by atoms with Gasteiger partial charge in [-0.25, -0.2) is 0 Å². The molecule has 0 radical (unpaired) electrons. The Morgan fingerprint density at radius 3 is 2.00 bits per heavy atom. The first-order chi connectivity index (χ1) is 7.01. The van der Waals surface area contributed by atoms with Gasteiger partial charge in [0, 0.05) is 32.6 Å². The normalized spacial score (nSPS) is 20.8. The van der Waals surface area contributed by atoms with Crippen LogP contribution in [0.3, 0.4) is 0 Å². The monoisotopic (exact) mass is 224 g/mol. The molecule has 1 aliphatic rings. The molecule has 0 amide bonds. The van der Waals surface area contributed by atoms with Gasteiger partial charge in [-0.1, -0.05) is 6.92 Å². The summed E-state index contributed by atoms with van der Waals surface area (Å²) >= 11 is 0. The fourth-order valence-corrected chi connectivity index (χ4v) is 1.83. The molecule has 0 atom stereocenters. The van der Waals surface area contributed by atoms with Crippen molar-refractivity contribution in [2.45, 2.75) is 25.9 Å². The summed E-state index contributed by atoms with van der Waals surface area (Å²) in [4.78, 5) is 4.44. The van der Waals surface area contributed by atoms with Gasteiger partial charge < -0.3 is 9.80 Å². The van der Waals surface area contributed by atoms with E-state index >= 15 is 0 Å². The molecule has 0 saturated carbocycles. The van der Waals surface area contributed by atoms with Crippen molar-refractivity contribution < 1.29 is 13.2 Å². The minimum absolute atomic E-state index is 0.232. The Morgan fingerprint density at radius 2 is 1.53 bits per heavy atom. The molecule has 0 aromatic heterocycles. The largest absolute Gasteiger partial charge is 0.389 e. The highest BCUT2D eigenvalue weighted by Crippen LogP contribution is 2.21. The first-order valence-electron chi connectivity index (χ1n) is 5.52. The number of rotatable bonds is 4. The lowest BCUT2D eigenvalue weighted by atomic mass is 10.2. The van der Waals surface area contributed by atoms with E-state index in [-0.39, 0.29) is 6.42 Å². The molecule has 0 aliphatic carbocycles. The van der Waals surface area contributed by atoms with Crippen LogP contribution in [0.1, 0.15) is 19.8 Å². The first kappa shape index (κ1) is 12.8. The topological polar surface area (TPSA) is 6.48 Å². The lowest BCUT2D eigenvalue weighted by Crippen LogP contribution is -2.46. The summed E-state index contributed by atoms with van der Waals surface area (Å²) < 4.78 is 35.7. The molecule has 1 fully saturated rings. The Labute approximate surface area is 89.0 Å². The van der Waals surface area contributed by atoms with Crippen LogP contribution in [0, 0.1) is 0 Å². The second-order valence-electron chi connectivity index (χ2n) is 3.99. The third-order valence-electron chi connectivity index (χ3n) is 2.85. The molecule has 0 bridgehead atoms. The van der Waals surface area contributed by atoms with Crippen molar-refractivity contribution >= 4 is 0 Å². The zero-order valence-corrected chi connectivity index (χ0v) is 9.19. The predicted molar refractivity (Wildman–Crippen MR) is 53.8 cm³/mol. The molecule has 5 heteroatoms. The summed E-state index contributed by atoms with van der Waals surface area (Å²) in [5.74, 6) is 0. The van der Waals surface area contributed by atoms with E-state index in [4.69, 9.17) is 0 Å². The summed E-state index contributed by atoms with van der Waals surface area (Å²) in [6.45, 7) is 7.52. The molecule has 15 heavy (non-hydrogen) atoms. The van der Waals surface area contributed by atoms with Gasteiger partial charge in [0.05, 0.1) is 0 Å². The lowest BCUT2D eigenvalue weighted by molar-refractivity contribution is -0.136. The highest BCUT2D eigenvalue weighted by Gasteiger charge is 2.26. The molecular formula is C10H19F3N2. The molecule has 0 aromatic rings. The minimum Gasteiger partial charge on any atom is -0.301 e. The molecule has 0 N–H and O–H groups in total. The molecule has 1 heterocycles. The van der Waals surface area contributed by atoms with Gasteiger partial charge >= 0.3 is 6.18 Å². The molecule has 1 saturated heterocycles. The van der Waals surface area contributed by atoms with Gasteiger partial charge in [0.1, 0.15) is 0 Å². The third-order valence-corrected chi connectivity index (χ3v) is 2.85. The Bertz CT molecular complexity index is 174. The van der Waals surface area contributed by atoms with Crippen molar-refractivity contribution in [1.82, 2.24) is 9.80 Å². The van der Waals surface area contributed by atoms with Gasteiger partial charge in [0.25, 0.3) is 0 Å². The summed E-state index contributed by atoms with van der Waals surface area (Å²) in [5.41, 5.74) is 0. The van der Waals surface area contributed by atoms with Gasteiger partial charge in [-0.05, 0) is 19.5 Å². The van der Waals surface area contributed by atoms with Crippen molar-refractivity contribution in [2.24, 2.45) is 0 Å². The Hall–Kier alpha value is -0.290. The van der Waals surface area contributed by atoms with Crippen LogP contribution in [0.5, 0.6) is 0 Å². The lowest BCUT2D eigenvalue weighted by Gasteiger charge is -2.34. The Kier molecular flexibility index (Phi) is 4.86. The molecule has 0 aromatic carbocycles. The van der Waals surface area contributed by atoms with Gasteiger partial charge in [0.15, 0.2) is 0 Å². The van der Waals surface area contributed by atoms with Gasteiger partial charge in [-0.15, -0.1) is 0 Å². The van der Waals surface area contributed by atoms with Crippen molar-refractivity contribution in [3.8, 4) is 0 Å². The van der Waals surface area contributed by atoms with Crippen LogP contribution >= 0.6 is 0 Å². The quantitative estimate of drug-likeness (QED) is 0.720. The van der Waals surface area contributed by atoms with E-state index in [0.29, 0.717) is 6.54 Å².